The van der Waals surface area contributed by atoms with E-state index in [9.17, 15) is 19.5 Å². The largest absolute Gasteiger partial charge is 0.539 e. The number of ether oxygens (including phenoxy) is 2. The number of esters is 2. The molecule has 0 unspecified atom stereocenters. The van der Waals surface area contributed by atoms with Crippen molar-refractivity contribution < 1.29 is 38.2 Å². The molecule has 0 radical (unpaired) electrons. The van der Waals surface area contributed by atoms with E-state index >= 15 is 0 Å². The summed E-state index contributed by atoms with van der Waals surface area (Å²) in [7, 11) is 0. The molecule has 3 rings (SSSR count). The van der Waals surface area contributed by atoms with Gasteiger partial charge in [0.15, 0.2) is 6.61 Å². The Kier molecular flexibility index (Phi) is 6.38. The van der Waals surface area contributed by atoms with Gasteiger partial charge in [0, 0.05) is 17.8 Å². The summed E-state index contributed by atoms with van der Waals surface area (Å²) in [6, 6.07) is 12.1. The minimum absolute atomic E-state index is 0.219. The highest BCUT2D eigenvalue weighted by molar-refractivity contribution is 5.96. The van der Waals surface area contributed by atoms with Gasteiger partial charge in [0.05, 0.1) is 23.0 Å². The van der Waals surface area contributed by atoms with Gasteiger partial charge in [-0.15, -0.1) is 0 Å². The first kappa shape index (κ1) is 20.5. The lowest BCUT2D eigenvalue weighted by Crippen LogP contribution is -2.31. The molecule has 1 heterocycles. The van der Waals surface area contributed by atoms with Gasteiger partial charge in [0.1, 0.15) is 5.95 Å². The van der Waals surface area contributed by atoms with Crippen LogP contribution in [0.25, 0.3) is 5.69 Å². The number of anilines is 1. The van der Waals surface area contributed by atoms with Crippen LogP contribution in [0.5, 0.6) is 5.95 Å². The second kappa shape index (κ2) is 9.32. The standard InChI is InChI=1S/C20H17N3O7/c1-2-28-19(26)13-3-7-15(8-4-13)21-17(24)12-29-20(27)14-5-9-16(10-6-14)23-11-18(25)30-22-23/h3-11H,2,12H2,1H3,(H-,21,22,24,25,26). The van der Waals surface area contributed by atoms with E-state index in [0.29, 0.717) is 16.9 Å². The average Bonchev–Trinajstić information content (AvgIpc) is 3.19. The molecule has 1 amide bonds. The van der Waals surface area contributed by atoms with Crippen molar-refractivity contribution in [3.63, 3.8) is 0 Å². The Bertz CT molecular complexity index is 1040. The number of nitrogens with one attached hydrogen (secondary N) is 1. The molecule has 10 heteroatoms. The lowest BCUT2D eigenvalue weighted by atomic mass is 10.2. The Morgan fingerprint density at radius 1 is 1.00 bits per heavy atom. The van der Waals surface area contributed by atoms with Crippen molar-refractivity contribution in [3.8, 4) is 11.6 Å². The first-order valence-corrected chi connectivity index (χ1v) is 8.86. The lowest BCUT2D eigenvalue weighted by molar-refractivity contribution is -0.670. The van der Waals surface area contributed by atoms with Crippen molar-refractivity contribution in [1.29, 1.82) is 0 Å². The van der Waals surface area contributed by atoms with Crippen LogP contribution in [-0.2, 0) is 14.3 Å². The third-order valence-electron chi connectivity index (χ3n) is 3.83. The predicted molar refractivity (Wildman–Crippen MR) is 98.8 cm³/mol. The molecular weight excluding hydrogens is 394 g/mol. The number of nitrogens with zero attached hydrogens (tertiary/aromatic N) is 2. The van der Waals surface area contributed by atoms with Crippen LogP contribution in [0, 0.1) is 0 Å². The molecule has 0 spiro atoms. The van der Waals surface area contributed by atoms with Crippen LogP contribution in [0.3, 0.4) is 0 Å². The number of aromatic nitrogens is 2. The van der Waals surface area contributed by atoms with Gasteiger partial charge in [-0.1, -0.05) is 0 Å². The van der Waals surface area contributed by atoms with Gasteiger partial charge in [-0.05, 0) is 48.0 Å². The van der Waals surface area contributed by atoms with Gasteiger partial charge in [-0.3, -0.25) is 4.79 Å². The van der Waals surface area contributed by atoms with Gasteiger partial charge in [0.25, 0.3) is 5.91 Å². The Hall–Kier alpha value is -4.21. The summed E-state index contributed by atoms with van der Waals surface area (Å²) in [5.74, 6) is -2.28. The van der Waals surface area contributed by atoms with E-state index in [0.717, 1.165) is 6.20 Å². The van der Waals surface area contributed by atoms with E-state index in [1.165, 1.54) is 28.9 Å². The summed E-state index contributed by atoms with van der Waals surface area (Å²) in [5, 5.41) is 17.1. The fourth-order valence-corrected chi connectivity index (χ4v) is 2.42. The SMILES string of the molecule is CCOC(=O)c1ccc(NC(=O)COC(=O)c2ccc(-[n+]3cc([O-])on3)cc2)cc1. The molecule has 0 saturated heterocycles. The minimum Gasteiger partial charge on any atom is -0.539 e. The highest BCUT2D eigenvalue weighted by Gasteiger charge is 2.14. The minimum atomic E-state index is -0.691. The third-order valence-corrected chi connectivity index (χ3v) is 3.83. The Morgan fingerprint density at radius 3 is 2.17 bits per heavy atom. The molecule has 0 saturated carbocycles. The van der Waals surface area contributed by atoms with Crippen molar-refractivity contribution in [2.75, 3.05) is 18.5 Å². The summed E-state index contributed by atoms with van der Waals surface area (Å²) in [5.41, 5.74) is 1.54. The molecule has 0 aliphatic carbocycles. The molecule has 0 aliphatic heterocycles. The number of carbonyl (C=O) groups is 3. The molecule has 1 N–H and O–H groups in total. The molecular formula is C20H17N3O7. The Morgan fingerprint density at radius 2 is 1.60 bits per heavy atom. The monoisotopic (exact) mass is 411 g/mol. The molecule has 3 aromatic rings. The van der Waals surface area contributed by atoms with Crippen LogP contribution in [0.1, 0.15) is 27.6 Å². The molecule has 2 aromatic carbocycles. The average molecular weight is 411 g/mol. The summed E-state index contributed by atoms with van der Waals surface area (Å²) >= 11 is 0. The normalized spacial score (nSPS) is 10.3. The Balaban J connectivity index is 1.50. The second-order valence-corrected chi connectivity index (χ2v) is 5.93. The molecule has 0 bridgehead atoms. The fourth-order valence-electron chi connectivity index (χ4n) is 2.42. The van der Waals surface area contributed by atoms with E-state index in [-0.39, 0.29) is 12.2 Å². The molecule has 0 fully saturated rings. The van der Waals surface area contributed by atoms with Crippen molar-refractivity contribution in [2.45, 2.75) is 6.92 Å². The molecule has 1 aromatic heterocycles. The quantitative estimate of drug-likeness (QED) is 0.449. The van der Waals surface area contributed by atoms with Crippen LogP contribution in [0.4, 0.5) is 5.69 Å². The van der Waals surface area contributed by atoms with Gasteiger partial charge < -0.3 is 24.4 Å². The van der Waals surface area contributed by atoms with E-state index in [2.05, 4.69) is 15.1 Å². The zero-order valence-corrected chi connectivity index (χ0v) is 15.9. The molecule has 10 nitrogen and oxygen atoms in total. The molecule has 154 valence electrons. The maximum absolute atomic E-state index is 12.1. The van der Waals surface area contributed by atoms with E-state index < -0.39 is 30.4 Å². The second-order valence-electron chi connectivity index (χ2n) is 5.93. The summed E-state index contributed by atoms with van der Waals surface area (Å²) in [4.78, 5) is 35.7. The van der Waals surface area contributed by atoms with Crippen molar-refractivity contribution in [3.05, 3.63) is 65.9 Å². The van der Waals surface area contributed by atoms with Crippen LogP contribution >= 0.6 is 0 Å². The number of amides is 1. The topological polar surface area (TPSA) is 135 Å². The lowest BCUT2D eigenvalue weighted by Gasteiger charge is -2.07. The smallest absolute Gasteiger partial charge is 0.338 e. The van der Waals surface area contributed by atoms with E-state index in [1.54, 1.807) is 31.2 Å². The van der Waals surface area contributed by atoms with Crippen molar-refractivity contribution in [2.24, 2.45) is 0 Å². The van der Waals surface area contributed by atoms with Gasteiger partial charge in [-0.2, -0.15) is 0 Å². The number of benzene rings is 2. The van der Waals surface area contributed by atoms with Gasteiger partial charge in [0.2, 0.25) is 11.9 Å². The van der Waals surface area contributed by atoms with Crippen LogP contribution in [-0.4, -0.2) is 36.3 Å². The number of carbonyl (C=O) groups excluding carboxylic acids is 3. The molecule has 0 aliphatic rings. The highest BCUT2D eigenvalue weighted by atomic mass is 16.6. The summed E-state index contributed by atoms with van der Waals surface area (Å²) < 4.78 is 15.5. The summed E-state index contributed by atoms with van der Waals surface area (Å²) in [6.45, 7) is 1.49. The number of hydrogen-bond donors (Lipinski definition) is 1. The van der Waals surface area contributed by atoms with E-state index in [1.807, 2.05) is 0 Å². The molecule has 30 heavy (non-hydrogen) atoms. The Labute approximate surface area is 170 Å². The van der Waals surface area contributed by atoms with Crippen LogP contribution in [0.2, 0.25) is 0 Å². The maximum Gasteiger partial charge on any atom is 0.338 e. The van der Waals surface area contributed by atoms with Gasteiger partial charge in [-0.25, -0.2) is 9.59 Å². The highest BCUT2D eigenvalue weighted by Crippen LogP contribution is 2.11. The van der Waals surface area contributed by atoms with Crippen LogP contribution in [0.15, 0.2) is 59.3 Å². The summed E-state index contributed by atoms with van der Waals surface area (Å²) in [6.07, 6.45) is 1.15. The van der Waals surface area contributed by atoms with Gasteiger partial charge >= 0.3 is 11.9 Å². The maximum atomic E-state index is 12.1. The zero-order chi connectivity index (χ0) is 21.5. The fraction of sp³-hybridized carbons (Fsp3) is 0.150. The van der Waals surface area contributed by atoms with E-state index in [4.69, 9.17) is 9.47 Å². The van der Waals surface area contributed by atoms with Crippen LogP contribution < -0.4 is 15.1 Å². The first-order valence-electron chi connectivity index (χ1n) is 8.86. The third kappa shape index (κ3) is 5.19. The zero-order valence-electron chi connectivity index (χ0n) is 15.9. The first-order chi connectivity index (χ1) is 14.5. The number of hydrogen-bond acceptors (Lipinski definition) is 8. The van der Waals surface area contributed by atoms with Crippen molar-refractivity contribution >= 4 is 23.5 Å². The number of rotatable bonds is 7. The predicted octanol–water partition coefficient (Wildman–Crippen LogP) is 0.997. The van der Waals surface area contributed by atoms with Crippen molar-refractivity contribution in [1.82, 2.24) is 5.27 Å². The molecule has 0 atom stereocenters.